The van der Waals surface area contributed by atoms with Crippen LogP contribution in [0.5, 0.6) is 0 Å². The van der Waals surface area contributed by atoms with E-state index in [0.717, 1.165) is 11.1 Å². The summed E-state index contributed by atoms with van der Waals surface area (Å²) in [5, 5.41) is 5.53. The molecule has 1 saturated heterocycles. The molecule has 1 fully saturated rings. The van der Waals surface area contributed by atoms with Gasteiger partial charge in [-0.2, -0.15) is 0 Å². The summed E-state index contributed by atoms with van der Waals surface area (Å²) in [6.45, 7) is 3.00. The molecule has 1 heterocycles. The van der Waals surface area contributed by atoms with Gasteiger partial charge in [-0.25, -0.2) is 0 Å². The number of hydrogen-bond acceptors (Lipinski definition) is 2. The summed E-state index contributed by atoms with van der Waals surface area (Å²) in [4.78, 5) is 22.8. The molecule has 0 radical (unpaired) electrons. The van der Waals surface area contributed by atoms with Crippen molar-refractivity contribution in [2.75, 3.05) is 6.54 Å². The Morgan fingerprint density at radius 2 is 2.24 bits per heavy atom. The quantitative estimate of drug-likeness (QED) is 0.808. The molecule has 90 valence electrons. The van der Waals surface area contributed by atoms with Crippen LogP contribution in [-0.2, 0) is 16.1 Å². The van der Waals surface area contributed by atoms with Crippen LogP contribution in [0, 0.1) is 12.8 Å². The summed E-state index contributed by atoms with van der Waals surface area (Å²) in [7, 11) is 0. The lowest BCUT2D eigenvalue weighted by molar-refractivity contribution is -0.126. The van der Waals surface area contributed by atoms with Gasteiger partial charge in [-0.15, -0.1) is 0 Å². The molecule has 1 aromatic rings. The summed E-state index contributed by atoms with van der Waals surface area (Å²) in [6, 6.07) is 7.94. The summed E-state index contributed by atoms with van der Waals surface area (Å²) in [6.07, 6.45) is 0.305. The van der Waals surface area contributed by atoms with E-state index in [-0.39, 0.29) is 17.7 Å². The molecule has 0 saturated carbocycles. The Labute approximate surface area is 100 Å². The van der Waals surface area contributed by atoms with Crippen molar-refractivity contribution in [3.05, 3.63) is 35.4 Å². The lowest BCUT2D eigenvalue weighted by Gasteiger charge is -2.10. The van der Waals surface area contributed by atoms with E-state index in [1.165, 1.54) is 0 Å². The molecule has 4 heteroatoms. The Hall–Kier alpha value is -1.84. The molecule has 2 rings (SSSR count). The Morgan fingerprint density at radius 3 is 2.88 bits per heavy atom. The highest BCUT2D eigenvalue weighted by atomic mass is 16.2. The third kappa shape index (κ3) is 2.84. The van der Waals surface area contributed by atoms with Crippen LogP contribution >= 0.6 is 0 Å². The van der Waals surface area contributed by atoms with Crippen molar-refractivity contribution in [3.63, 3.8) is 0 Å². The van der Waals surface area contributed by atoms with Crippen molar-refractivity contribution < 1.29 is 9.59 Å². The second-order valence-corrected chi connectivity index (χ2v) is 4.35. The van der Waals surface area contributed by atoms with Crippen LogP contribution in [0.4, 0.5) is 0 Å². The van der Waals surface area contributed by atoms with E-state index >= 15 is 0 Å². The van der Waals surface area contributed by atoms with Crippen molar-refractivity contribution in [1.29, 1.82) is 0 Å². The summed E-state index contributed by atoms with van der Waals surface area (Å²) < 4.78 is 0. The van der Waals surface area contributed by atoms with Crippen LogP contribution in [0.2, 0.25) is 0 Å². The molecule has 0 aliphatic carbocycles. The molecule has 17 heavy (non-hydrogen) atoms. The van der Waals surface area contributed by atoms with Gasteiger partial charge in [-0.1, -0.05) is 24.3 Å². The standard InChI is InChI=1S/C13H16N2O2/c1-9-4-2-3-5-10(9)7-15-13(17)11-6-12(16)14-8-11/h2-5,11H,6-8H2,1H3,(H,14,16)(H,15,17). The minimum Gasteiger partial charge on any atom is -0.355 e. The van der Waals surface area contributed by atoms with Gasteiger partial charge in [0.2, 0.25) is 11.8 Å². The average molecular weight is 232 g/mol. The van der Waals surface area contributed by atoms with Crippen LogP contribution in [0.25, 0.3) is 0 Å². The van der Waals surface area contributed by atoms with Crippen molar-refractivity contribution in [3.8, 4) is 0 Å². The van der Waals surface area contributed by atoms with E-state index in [1.54, 1.807) is 0 Å². The van der Waals surface area contributed by atoms with Crippen molar-refractivity contribution in [2.24, 2.45) is 5.92 Å². The molecule has 1 aromatic carbocycles. The Kier molecular flexibility index (Phi) is 3.42. The smallest absolute Gasteiger partial charge is 0.225 e. The van der Waals surface area contributed by atoms with E-state index in [2.05, 4.69) is 10.6 Å². The highest BCUT2D eigenvalue weighted by molar-refractivity contribution is 5.89. The highest BCUT2D eigenvalue weighted by Crippen LogP contribution is 2.10. The molecule has 0 bridgehead atoms. The van der Waals surface area contributed by atoms with Crippen LogP contribution in [-0.4, -0.2) is 18.4 Å². The van der Waals surface area contributed by atoms with Gasteiger partial charge in [0.05, 0.1) is 5.92 Å². The highest BCUT2D eigenvalue weighted by Gasteiger charge is 2.27. The summed E-state index contributed by atoms with van der Waals surface area (Å²) >= 11 is 0. The Bertz CT molecular complexity index is 443. The zero-order valence-corrected chi connectivity index (χ0v) is 9.82. The third-order valence-corrected chi connectivity index (χ3v) is 3.06. The van der Waals surface area contributed by atoms with E-state index in [1.807, 2.05) is 31.2 Å². The van der Waals surface area contributed by atoms with Gasteiger partial charge >= 0.3 is 0 Å². The van der Waals surface area contributed by atoms with Crippen LogP contribution in [0.1, 0.15) is 17.5 Å². The topological polar surface area (TPSA) is 58.2 Å². The molecule has 1 unspecified atom stereocenters. The van der Waals surface area contributed by atoms with E-state index in [0.29, 0.717) is 19.5 Å². The predicted octanol–water partition coefficient (Wildman–Crippen LogP) is 0.747. The largest absolute Gasteiger partial charge is 0.355 e. The zero-order valence-electron chi connectivity index (χ0n) is 9.82. The van der Waals surface area contributed by atoms with Gasteiger partial charge in [0, 0.05) is 19.5 Å². The number of aryl methyl sites for hydroxylation is 1. The Balaban J connectivity index is 1.88. The maximum atomic E-state index is 11.8. The molecule has 1 aliphatic heterocycles. The van der Waals surface area contributed by atoms with Crippen molar-refractivity contribution in [1.82, 2.24) is 10.6 Å². The molecule has 1 aliphatic rings. The first-order valence-electron chi connectivity index (χ1n) is 5.75. The summed E-state index contributed by atoms with van der Waals surface area (Å²) in [5.41, 5.74) is 2.27. The maximum absolute atomic E-state index is 11.8. The fourth-order valence-corrected chi connectivity index (χ4v) is 1.93. The van der Waals surface area contributed by atoms with Crippen LogP contribution < -0.4 is 10.6 Å². The number of carbonyl (C=O) groups excluding carboxylic acids is 2. The second-order valence-electron chi connectivity index (χ2n) is 4.35. The SMILES string of the molecule is Cc1ccccc1CNC(=O)C1CNC(=O)C1. The lowest BCUT2D eigenvalue weighted by atomic mass is 10.1. The molecule has 0 spiro atoms. The van der Waals surface area contributed by atoms with Crippen molar-refractivity contribution in [2.45, 2.75) is 19.9 Å². The molecule has 1 atom stereocenters. The fourth-order valence-electron chi connectivity index (χ4n) is 1.93. The number of nitrogens with one attached hydrogen (secondary N) is 2. The van der Waals surface area contributed by atoms with Gasteiger partial charge in [-0.05, 0) is 18.1 Å². The van der Waals surface area contributed by atoms with Gasteiger partial charge in [0.15, 0.2) is 0 Å². The van der Waals surface area contributed by atoms with Crippen LogP contribution in [0.3, 0.4) is 0 Å². The predicted molar refractivity (Wildman–Crippen MR) is 64.1 cm³/mol. The number of rotatable bonds is 3. The maximum Gasteiger partial charge on any atom is 0.225 e. The minimum absolute atomic E-state index is 0.0407. The van der Waals surface area contributed by atoms with Gasteiger partial charge in [-0.3, -0.25) is 9.59 Å². The van der Waals surface area contributed by atoms with Crippen molar-refractivity contribution >= 4 is 11.8 Å². The monoisotopic (exact) mass is 232 g/mol. The lowest BCUT2D eigenvalue weighted by Crippen LogP contribution is -2.31. The number of carbonyl (C=O) groups is 2. The first-order chi connectivity index (χ1) is 8.16. The summed E-state index contributed by atoms with van der Waals surface area (Å²) in [5.74, 6) is -0.306. The molecule has 2 N–H and O–H groups in total. The molecular formula is C13H16N2O2. The normalized spacial score (nSPS) is 18.9. The number of benzene rings is 1. The van der Waals surface area contributed by atoms with Gasteiger partial charge in [0.1, 0.15) is 0 Å². The fraction of sp³-hybridized carbons (Fsp3) is 0.385. The molecule has 0 aromatic heterocycles. The van der Waals surface area contributed by atoms with E-state index in [4.69, 9.17) is 0 Å². The molecule has 4 nitrogen and oxygen atoms in total. The average Bonchev–Trinajstić information content (AvgIpc) is 2.74. The Morgan fingerprint density at radius 1 is 1.47 bits per heavy atom. The zero-order chi connectivity index (χ0) is 12.3. The van der Waals surface area contributed by atoms with E-state index < -0.39 is 0 Å². The molecule has 2 amide bonds. The first kappa shape index (κ1) is 11.6. The number of hydrogen-bond donors (Lipinski definition) is 2. The minimum atomic E-state index is -0.216. The molecular weight excluding hydrogens is 216 g/mol. The number of amides is 2. The first-order valence-corrected chi connectivity index (χ1v) is 5.75. The second kappa shape index (κ2) is 4.99. The van der Waals surface area contributed by atoms with Gasteiger partial charge < -0.3 is 10.6 Å². The van der Waals surface area contributed by atoms with E-state index in [9.17, 15) is 9.59 Å². The van der Waals surface area contributed by atoms with Gasteiger partial charge in [0.25, 0.3) is 0 Å². The van der Waals surface area contributed by atoms with Crippen LogP contribution in [0.15, 0.2) is 24.3 Å². The third-order valence-electron chi connectivity index (χ3n) is 3.06.